The molecular weight excluding hydrogens is 350 g/mol. The van der Waals surface area contributed by atoms with Gasteiger partial charge in [0.1, 0.15) is 0 Å². The molecule has 0 unspecified atom stereocenters. The first-order valence-corrected chi connectivity index (χ1v) is 10.1. The summed E-state index contributed by atoms with van der Waals surface area (Å²) in [4.78, 5) is 30.0. The van der Waals surface area contributed by atoms with Crippen LogP contribution in [-0.2, 0) is 12.0 Å². The molecule has 1 fully saturated rings. The number of fused-ring (bicyclic) bond motifs is 3. The van der Waals surface area contributed by atoms with Crippen LogP contribution in [0.15, 0.2) is 42.9 Å². The van der Waals surface area contributed by atoms with Gasteiger partial charge in [0.2, 0.25) is 0 Å². The average molecular weight is 375 g/mol. The van der Waals surface area contributed by atoms with E-state index in [0.717, 1.165) is 61.9 Å². The largest absolute Gasteiger partial charge is 0.348 e. The van der Waals surface area contributed by atoms with Crippen LogP contribution in [0.2, 0.25) is 0 Å². The number of aromatic nitrogens is 3. The van der Waals surface area contributed by atoms with Crippen LogP contribution in [-0.4, -0.2) is 56.8 Å². The first kappa shape index (κ1) is 17.4. The van der Waals surface area contributed by atoms with E-state index in [4.69, 9.17) is 0 Å². The van der Waals surface area contributed by atoms with Crippen molar-refractivity contribution in [1.82, 2.24) is 24.8 Å². The van der Waals surface area contributed by atoms with Crippen LogP contribution < -0.4 is 0 Å². The Balaban J connectivity index is 1.38. The molecule has 1 saturated heterocycles. The Hall–Kier alpha value is -2.73. The van der Waals surface area contributed by atoms with Gasteiger partial charge in [0.05, 0.1) is 23.1 Å². The number of pyridine rings is 1. The van der Waals surface area contributed by atoms with Gasteiger partial charge in [-0.3, -0.25) is 14.7 Å². The molecule has 0 radical (unpaired) electrons. The quantitative estimate of drug-likeness (QED) is 0.748. The molecule has 0 aliphatic carbocycles. The van der Waals surface area contributed by atoms with E-state index in [9.17, 15) is 4.79 Å². The van der Waals surface area contributed by atoms with Crippen molar-refractivity contribution in [2.24, 2.45) is 0 Å². The van der Waals surface area contributed by atoms with Gasteiger partial charge in [-0.15, -0.1) is 0 Å². The van der Waals surface area contributed by atoms with Gasteiger partial charge in [-0.05, 0) is 43.7 Å². The molecule has 2 aliphatic heterocycles. The summed E-state index contributed by atoms with van der Waals surface area (Å²) in [5.41, 5.74) is 4.10. The fourth-order valence-electron chi connectivity index (χ4n) is 5.01. The van der Waals surface area contributed by atoms with Crippen molar-refractivity contribution < 1.29 is 4.79 Å². The van der Waals surface area contributed by atoms with E-state index in [-0.39, 0.29) is 11.4 Å². The number of piperidine rings is 1. The van der Waals surface area contributed by atoms with Crippen molar-refractivity contribution >= 4 is 16.8 Å². The van der Waals surface area contributed by atoms with E-state index < -0.39 is 0 Å². The Morgan fingerprint density at radius 3 is 2.86 bits per heavy atom. The lowest BCUT2D eigenvalue weighted by molar-refractivity contribution is 0.0103. The van der Waals surface area contributed by atoms with Crippen molar-refractivity contribution in [2.75, 3.05) is 26.2 Å². The van der Waals surface area contributed by atoms with E-state index in [1.54, 1.807) is 6.20 Å². The summed E-state index contributed by atoms with van der Waals surface area (Å²) in [6.07, 6.45) is 6.49. The molecular formula is C22H25N5O. The van der Waals surface area contributed by atoms with E-state index in [2.05, 4.69) is 26.8 Å². The molecule has 1 amide bonds. The van der Waals surface area contributed by atoms with E-state index in [0.29, 0.717) is 0 Å². The molecule has 4 heterocycles. The molecule has 0 bridgehead atoms. The van der Waals surface area contributed by atoms with Gasteiger partial charge in [-0.1, -0.05) is 13.0 Å². The number of aromatic amines is 1. The van der Waals surface area contributed by atoms with Crippen molar-refractivity contribution in [1.29, 1.82) is 0 Å². The van der Waals surface area contributed by atoms with Crippen LogP contribution in [0.3, 0.4) is 0 Å². The maximum Gasteiger partial charge on any atom is 0.253 e. The van der Waals surface area contributed by atoms with Gasteiger partial charge in [0.15, 0.2) is 0 Å². The molecule has 28 heavy (non-hydrogen) atoms. The van der Waals surface area contributed by atoms with E-state index in [1.807, 2.05) is 41.6 Å². The molecule has 0 saturated carbocycles. The number of nitrogens with one attached hydrogen (secondary N) is 1. The van der Waals surface area contributed by atoms with Gasteiger partial charge < -0.3 is 9.88 Å². The first-order chi connectivity index (χ1) is 13.7. The fraction of sp³-hybridized carbons (Fsp3) is 0.409. The molecule has 6 heteroatoms. The standard InChI is InChI=1S/C22H25N5O/c1-2-27-11-7-19-20(25-15-24-19)22(27)8-12-26(13-9-22)21(28)17-5-6-18-16(14-17)4-3-10-23-18/h3-6,10,14-15H,2,7-9,11-13H2,1H3,(H,24,25). The van der Waals surface area contributed by atoms with Crippen LogP contribution in [0.25, 0.3) is 10.9 Å². The second-order valence-corrected chi connectivity index (χ2v) is 7.79. The van der Waals surface area contributed by atoms with Crippen LogP contribution in [0.4, 0.5) is 0 Å². The molecule has 1 spiro atoms. The second kappa shape index (κ2) is 6.71. The van der Waals surface area contributed by atoms with Crippen molar-refractivity contribution in [2.45, 2.75) is 31.7 Å². The molecule has 6 nitrogen and oxygen atoms in total. The predicted molar refractivity (Wildman–Crippen MR) is 108 cm³/mol. The average Bonchev–Trinajstić information content (AvgIpc) is 3.24. The predicted octanol–water partition coefficient (Wildman–Crippen LogP) is 2.97. The minimum atomic E-state index is -0.0353. The third-order valence-electron chi connectivity index (χ3n) is 6.51. The Bertz CT molecular complexity index is 1020. The van der Waals surface area contributed by atoms with Gasteiger partial charge in [0, 0.05) is 48.9 Å². The lowest BCUT2D eigenvalue weighted by Crippen LogP contribution is -2.57. The van der Waals surface area contributed by atoms with E-state index >= 15 is 0 Å². The summed E-state index contributed by atoms with van der Waals surface area (Å²) in [5, 5.41) is 1.01. The number of rotatable bonds is 2. The number of likely N-dealkylation sites (N-methyl/N-ethyl adjacent to an activating group) is 1. The number of H-pyrrole nitrogens is 1. The zero-order chi connectivity index (χ0) is 19.1. The highest BCUT2D eigenvalue weighted by Crippen LogP contribution is 2.42. The number of amides is 1. The molecule has 3 aromatic rings. The van der Waals surface area contributed by atoms with Crippen LogP contribution >= 0.6 is 0 Å². The normalized spacial score (nSPS) is 19.1. The number of likely N-dealkylation sites (tertiary alicyclic amines) is 1. The summed E-state index contributed by atoms with van der Waals surface area (Å²) >= 11 is 0. The topological polar surface area (TPSA) is 65.1 Å². The minimum absolute atomic E-state index is 0.0353. The number of hydrogen-bond donors (Lipinski definition) is 1. The number of carbonyl (C=O) groups excluding carboxylic acids is 1. The third kappa shape index (κ3) is 2.63. The van der Waals surface area contributed by atoms with Crippen molar-refractivity contribution in [3.05, 3.63) is 59.8 Å². The number of carbonyl (C=O) groups is 1. The van der Waals surface area contributed by atoms with Crippen LogP contribution in [0.5, 0.6) is 0 Å². The van der Waals surface area contributed by atoms with Crippen LogP contribution in [0.1, 0.15) is 41.5 Å². The minimum Gasteiger partial charge on any atom is -0.348 e. The summed E-state index contributed by atoms with van der Waals surface area (Å²) in [5.74, 6) is 0.113. The molecule has 1 aromatic carbocycles. The Morgan fingerprint density at radius 2 is 2.04 bits per heavy atom. The lowest BCUT2D eigenvalue weighted by Gasteiger charge is -2.50. The maximum atomic E-state index is 13.1. The summed E-state index contributed by atoms with van der Waals surface area (Å²) < 4.78 is 0. The fourth-order valence-corrected chi connectivity index (χ4v) is 5.01. The van der Waals surface area contributed by atoms with Crippen LogP contribution in [0, 0.1) is 0 Å². The summed E-state index contributed by atoms with van der Waals surface area (Å²) in [6.45, 7) is 5.80. The summed E-state index contributed by atoms with van der Waals surface area (Å²) in [7, 11) is 0. The molecule has 2 aromatic heterocycles. The molecule has 5 rings (SSSR count). The maximum absolute atomic E-state index is 13.1. The highest BCUT2D eigenvalue weighted by molar-refractivity contribution is 5.98. The smallest absolute Gasteiger partial charge is 0.253 e. The molecule has 0 atom stereocenters. The van der Waals surface area contributed by atoms with Crippen molar-refractivity contribution in [3.8, 4) is 0 Å². The Labute approximate surface area is 164 Å². The van der Waals surface area contributed by atoms with Gasteiger partial charge >= 0.3 is 0 Å². The number of nitrogens with zero attached hydrogens (tertiary/aromatic N) is 4. The highest BCUT2D eigenvalue weighted by atomic mass is 16.2. The molecule has 2 aliphatic rings. The number of hydrogen-bond acceptors (Lipinski definition) is 4. The van der Waals surface area contributed by atoms with E-state index in [1.165, 1.54) is 11.4 Å². The van der Waals surface area contributed by atoms with Gasteiger partial charge in [-0.25, -0.2) is 4.98 Å². The zero-order valence-electron chi connectivity index (χ0n) is 16.2. The first-order valence-electron chi connectivity index (χ1n) is 10.1. The Kier molecular flexibility index (Phi) is 4.16. The highest BCUT2D eigenvalue weighted by Gasteiger charge is 2.46. The summed E-state index contributed by atoms with van der Waals surface area (Å²) in [6, 6.07) is 9.70. The Morgan fingerprint density at radius 1 is 1.18 bits per heavy atom. The molecule has 1 N–H and O–H groups in total. The number of imidazole rings is 1. The van der Waals surface area contributed by atoms with Crippen molar-refractivity contribution in [3.63, 3.8) is 0 Å². The lowest BCUT2D eigenvalue weighted by atomic mass is 9.78. The molecule has 144 valence electrons. The monoisotopic (exact) mass is 375 g/mol. The number of benzene rings is 1. The van der Waals surface area contributed by atoms with Gasteiger partial charge in [0.25, 0.3) is 5.91 Å². The second-order valence-electron chi connectivity index (χ2n) is 7.79. The zero-order valence-corrected chi connectivity index (χ0v) is 16.2. The third-order valence-corrected chi connectivity index (χ3v) is 6.51. The van der Waals surface area contributed by atoms with Gasteiger partial charge in [-0.2, -0.15) is 0 Å². The SMILES string of the molecule is CCN1CCc2[nH]cnc2C12CCN(C(=O)c1ccc3ncccc3c1)CC2.